The summed E-state index contributed by atoms with van der Waals surface area (Å²) in [6.07, 6.45) is 1.62. The third kappa shape index (κ3) is 4.28. The van der Waals surface area contributed by atoms with Gasteiger partial charge in [0, 0.05) is 35.6 Å². The Morgan fingerprint density at radius 3 is 2.72 bits per heavy atom. The molecule has 0 aliphatic heterocycles. The monoisotopic (exact) mass is 404 g/mol. The highest BCUT2D eigenvalue weighted by Gasteiger charge is 2.11. The van der Waals surface area contributed by atoms with E-state index >= 15 is 0 Å². The lowest BCUT2D eigenvalue weighted by Crippen LogP contribution is -2.12. The van der Waals surface area contributed by atoms with Crippen molar-refractivity contribution in [2.75, 3.05) is 17.7 Å². The summed E-state index contributed by atoms with van der Waals surface area (Å²) in [6.45, 7) is 0. The molecule has 1 heterocycles. The van der Waals surface area contributed by atoms with Gasteiger partial charge in [0.15, 0.2) is 0 Å². The minimum absolute atomic E-state index is 0.207. The molecule has 0 unspecified atom stereocenters. The van der Waals surface area contributed by atoms with Crippen molar-refractivity contribution in [3.05, 3.63) is 83.5 Å². The molecule has 0 atom stereocenters. The molecule has 0 spiro atoms. The second-order valence-electron chi connectivity index (χ2n) is 6.22. The Morgan fingerprint density at radius 2 is 1.90 bits per heavy atom. The molecule has 1 aromatic heterocycles. The third-order valence-electron chi connectivity index (χ3n) is 4.26. The van der Waals surface area contributed by atoms with Gasteiger partial charge in [-0.05, 0) is 53.2 Å². The number of nitrogens with one attached hydrogen (secondary N) is 2. The SMILES string of the molecule is CNc1nccc(Oc2ccc3c(C(=O)Nc4cccc(Cl)c4)cccc3c2)n1. The average molecular weight is 405 g/mol. The smallest absolute Gasteiger partial charge is 0.256 e. The van der Waals surface area contributed by atoms with Gasteiger partial charge in [-0.15, -0.1) is 0 Å². The van der Waals surface area contributed by atoms with Crippen LogP contribution in [0.4, 0.5) is 11.6 Å². The molecule has 0 saturated carbocycles. The van der Waals surface area contributed by atoms with E-state index in [2.05, 4.69) is 20.6 Å². The zero-order valence-electron chi connectivity index (χ0n) is 15.5. The summed E-state index contributed by atoms with van der Waals surface area (Å²) < 4.78 is 5.83. The quantitative estimate of drug-likeness (QED) is 0.467. The summed E-state index contributed by atoms with van der Waals surface area (Å²) in [6, 6.07) is 19.8. The lowest BCUT2D eigenvalue weighted by atomic mass is 10.0. The molecule has 3 aromatic carbocycles. The molecule has 6 nitrogen and oxygen atoms in total. The van der Waals surface area contributed by atoms with Crippen molar-refractivity contribution in [3.8, 4) is 11.6 Å². The predicted octanol–water partition coefficient (Wildman–Crippen LogP) is 5.37. The van der Waals surface area contributed by atoms with E-state index in [9.17, 15) is 4.79 Å². The van der Waals surface area contributed by atoms with E-state index in [1.165, 1.54) is 0 Å². The van der Waals surface area contributed by atoms with Gasteiger partial charge in [-0.25, -0.2) is 4.98 Å². The highest BCUT2D eigenvalue weighted by molar-refractivity contribution is 6.31. The molecule has 144 valence electrons. The van der Waals surface area contributed by atoms with Gasteiger partial charge in [-0.3, -0.25) is 4.79 Å². The Morgan fingerprint density at radius 1 is 1.03 bits per heavy atom. The molecule has 0 aliphatic carbocycles. The van der Waals surface area contributed by atoms with Crippen molar-refractivity contribution in [1.82, 2.24) is 9.97 Å². The molecule has 2 N–H and O–H groups in total. The van der Waals surface area contributed by atoms with Crippen molar-refractivity contribution >= 4 is 39.9 Å². The summed E-state index contributed by atoms with van der Waals surface area (Å²) in [5.41, 5.74) is 1.21. The van der Waals surface area contributed by atoms with Gasteiger partial charge in [0.05, 0.1) is 0 Å². The molecule has 4 rings (SSSR count). The maximum absolute atomic E-state index is 12.8. The average Bonchev–Trinajstić information content (AvgIpc) is 2.73. The number of anilines is 2. The molecule has 0 radical (unpaired) electrons. The summed E-state index contributed by atoms with van der Waals surface area (Å²) in [5, 5.41) is 8.01. The number of carbonyl (C=O) groups is 1. The van der Waals surface area contributed by atoms with E-state index in [1.807, 2.05) is 24.3 Å². The van der Waals surface area contributed by atoms with E-state index in [0.29, 0.717) is 33.9 Å². The fourth-order valence-corrected chi connectivity index (χ4v) is 3.12. The Balaban J connectivity index is 1.61. The van der Waals surface area contributed by atoms with Crippen LogP contribution in [0.15, 0.2) is 72.9 Å². The molecular formula is C22H17ClN4O2. The molecule has 29 heavy (non-hydrogen) atoms. The van der Waals surface area contributed by atoms with Crippen LogP contribution in [-0.2, 0) is 0 Å². The molecule has 0 aliphatic rings. The molecule has 4 aromatic rings. The number of benzene rings is 3. The normalized spacial score (nSPS) is 10.6. The predicted molar refractivity (Wildman–Crippen MR) is 115 cm³/mol. The lowest BCUT2D eigenvalue weighted by molar-refractivity contribution is 0.102. The van der Waals surface area contributed by atoms with Crippen LogP contribution in [-0.4, -0.2) is 22.9 Å². The van der Waals surface area contributed by atoms with Gasteiger partial charge in [0.2, 0.25) is 11.8 Å². The largest absolute Gasteiger partial charge is 0.439 e. The molecule has 0 fully saturated rings. The van der Waals surface area contributed by atoms with Crippen LogP contribution in [0, 0.1) is 0 Å². The van der Waals surface area contributed by atoms with Crippen LogP contribution in [0.25, 0.3) is 10.8 Å². The zero-order valence-corrected chi connectivity index (χ0v) is 16.3. The zero-order chi connectivity index (χ0) is 20.2. The molecular weight excluding hydrogens is 388 g/mol. The Bertz CT molecular complexity index is 1200. The van der Waals surface area contributed by atoms with E-state index in [0.717, 1.165) is 10.8 Å². The number of amides is 1. The van der Waals surface area contributed by atoms with Crippen LogP contribution in [0.3, 0.4) is 0 Å². The van der Waals surface area contributed by atoms with Crippen LogP contribution in [0.1, 0.15) is 10.4 Å². The Labute approximate surface area is 172 Å². The number of ether oxygens (including phenoxy) is 1. The van der Waals surface area contributed by atoms with E-state index < -0.39 is 0 Å². The summed E-state index contributed by atoms with van der Waals surface area (Å²) in [7, 11) is 1.74. The number of aromatic nitrogens is 2. The number of halogens is 1. The van der Waals surface area contributed by atoms with E-state index in [-0.39, 0.29) is 5.91 Å². The minimum Gasteiger partial charge on any atom is -0.439 e. The fourth-order valence-electron chi connectivity index (χ4n) is 2.93. The highest BCUT2D eigenvalue weighted by atomic mass is 35.5. The first-order valence-electron chi connectivity index (χ1n) is 8.91. The maximum Gasteiger partial charge on any atom is 0.256 e. The number of rotatable bonds is 5. The van der Waals surface area contributed by atoms with Gasteiger partial charge in [-0.1, -0.05) is 29.8 Å². The summed E-state index contributed by atoms with van der Waals surface area (Å²) >= 11 is 5.99. The summed E-state index contributed by atoms with van der Waals surface area (Å²) in [4.78, 5) is 21.1. The van der Waals surface area contributed by atoms with Crippen LogP contribution < -0.4 is 15.4 Å². The van der Waals surface area contributed by atoms with Crippen LogP contribution >= 0.6 is 11.6 Å². The molecule has 0 saturated heterocycles. The standard InChI is InChI=1S/C22H17ClN4O2/c1-24-22-25-11-10-20(27-22)29-17-8-9-18-14(12-17)4-2-7-19(18)21(28)26-16-6-3-5-15(23)13-16/h2-13H,1H3,(H,26,28)(H,24,25,27). The Kier molecular flexibility index (Phi) is 5.27. The van der Waals surface area contributed by atoms with Crippen molar-refractivity contribution < 1.29 is 9.53 Å². The number of fused-ring (bicyclic) bond motifs is 1. The highest BCUT2D eigenvalue weighted by Crippen LogP contribution is 2.27. The van der Waals surface area contributed by atoms with Gasteiger partial charge >= 0.3 is 0 Å². The first-order valence-corrected chi connectivity index (χ1v) is 9.28. The first kappa shape index (κ1) is 18.7. The molecule has 1 amide bonds. The van der Waals surface area contributed by atoms with Crippen LogP contribution in [0.2, 0.25) is 5.02 Å². The topological polar surface area (TPSA) is 76.1 Å². The van der Waals surface area contributed by atoms with E-state index in [1.54, 1.807) is 55.7 Å². The maximum atomic E-state index is 12.8. The number of hydrogen-bond acceptors (Lipinski definition) is 5. The van der Waals surface area contributed by atoms with Gasteiger partial charge in [0.1, 0.15) is 5.75 Å². The third-order valence-corrected chi connectivity index (χ3v) is 4.49. The van der Waals surface area contributed by atoms with Crippen molar-refractivity contribution in [3.63, 3.8) is 0 Å². The number of nitrogens with zero attached hydrogens (tertiary/aromatic N) is 2. The van der Waals surface area contributed by atoms with Crippen molar-refractivity contribution in [2.45, 2.75) is 0 Å². The minimum atomic E-state index is -0.207. The Hall–Kier alpha value is -3.64. The van der Waals surface area contributed by atoms with E-state index in [4.69, 9.17) is 16.3 Å². The number of hydrogen-bond donors (Lipinski definition) is 2. The second kappa shape index (κ2) is 8.16. The molecule has 0 bridgehead atoms. The molecule has 7 heteroatoms. The van der Waals surface area contributed by atoms with Gasteiger partial charge in [0.25, 0.3) is 5.91 Å². The summed E-state index contributed by atoms with van der Waals surface area (Å²) in [5.74, 6) is 1.31. The second-order valence-corrected chi connectivity index (χ2v) is 6.66. The van der Waals surface area contributed by atoms with Crippen molar-refractivity contribution in [2.24, 2.45) is 0 Å². The number of carbonyl (C=O) groups excluding carboxylic acids is 1. The van der Waals surface area contributed by atoms with Gasteiger partial charge in [-0.2, -0.15) is 4.98 Å². The van der Waals surface area contributed by atoms with Crippen molar-refractivity contribution in [1.29, 1.82) is 0 Å². The lowest BCUT2D eigenvalue weighted by Gasteiger charge is -2.10. The van der Waals surface area contributed by atoms with Gasteiger partial charge < -0.3 is 15.4 Å². The van der Waals surface area contributed by atoms with Crippen LogP contribution in [0.5, 0.6) is 11.6 Å². The first-order chi connectivity index (χ1) is 14.1. The fraction of sp³-hybridized carbons (Fsp3) is 0.0455.